The molecule has 0 atom stereocenters. The predicted molar refractivity (Wildman–Crippen MR) is 23.6 cm³/mol. The van der Waals surface area contributed by atoms with Gasteiger partial charge in [0.25, 0.3) is 0 Å². The van der Waals surface area contributed by atoms with Gasteiger partial charge in [-0.2, -0.15) is 4.79 Å². The zero-order valence-corrected chi connectivity index (χ0v) is 4.49. The lowest BCUT2D eigenvalue weighted by Gasteiger charge is -1.93. The molecule has 7 nitrogen and oxygen atoms in total. The SMILES string of the molecule is CONOC(=O)[N+](=O)[O-]. The van der Waals surface area contributed by atoms with Gasteiger partial charge in [-0.25, -0.2) is 0 Å². The molecule has 0 aromatic carbocycles. The number of rotatable bonds is 2. The zero-order chi connectivity index (χ0) is 7.28. The molecule has 0 aliphatic heterocycles. The van der Waals surface area contributed by atoms with Crippen LogP contribution in [0.2, 0.25) is 0 Å². The summed E-state index contributed by atoms with van der Waals surface area (Å²) in [6.07, 6.45) is -1.61. The maximum atomic E-state index is 9.84. The van der Waals surface area contributed by atoms with Gasteiger partial charge >= 0.3 is 6.09 Å². The standard InChI is InChI=1S/C2H4N2O5/c1-8-3-9-2(5)4(6)7/h3H,1H3. The van der Waals surface area contributed by atoms with E-state index in [4.69, 9.17) is 0 Å². The van der Waals surface area contributed by atoms with E-state index in [-0.39, 0.29) is 0 Å². The van der Waals surface area contributed by atoms with Crippen molar-refractivity contribution < 1.29 is 19.4 Å². The number of amides is 1. The lowest BCUT2D eigenvalue weighted by Crippen LogP contribution is -2.22. The molecule has 1 amide bonds. The minimum Gasteiger partial charge on any atom is -0.285 e. The number of carbonyl (C=O) groups excluding carboxylic acids is 1. The average molecular weight is 136 g/mol. The van der Waals surface area contributed by atoms with Crippen LogP contribution >= 0.6 is 0 Å². The maximum absolute atomic E-state index is 9.84. The van der Waals surface area contributed by atoms with Crippen molar-refractivity contribution in [3.05, 3.63) is 10.1 Å². The molecule has 0 unspecified atom stereocenters. The summed E-state index contributed by atoms with van der Waals surface area (Å²) in [4.78, 5) is 25.7. The quantitative estimate of drug-likeness (QED) is 0.405. The molecule has 0 bridgehead atoms. The van der Waals surface area contributed by atoms with Crippen molar-refractivity contribution in [1.29, 1.82) is 0 Å². The molecule has 0 radical (unpaired) electrons. The normalized spacial score (nSPS) is 8.56. The van der Waals surface area contributed by atoms with Gasteiger partial charge in [0.05, 0.1) is 7.11 Å². The molecule has 9 heavy (non-hydrogen) atoms. The van der Waals surface area contributed by atoms with Crippen molar-refractivity contribution >= 4 is 6.09 Å². The topological polar surface area (TPSA) is 90.7 Å². The summed E-state index contributed by atoms with van der Waals surface area (Å²) in [5.41, 5.74) is 1.54. The first kappa shape index (κ1) is 7.79. The van der Waals surface area contributed by atoms with E-state index in [1.165, 1.54) is 5.64 Å². The molecule has 0 saturated heterocycles. The van der Waals surface area contributed by atoms with E-state index in [1.807, 2.05) is 0 Å². The number of nitro groups is 1. The first-order valence-electron chi connectivity index (χ1n) is 1.81. The Morgan fingerprint density at radius 2 is 2.33 bits per heavy atom. The summed E-state index contributed by atoms with van der Waals surface area (Å²) in [6.45, 7) is 0. The van der Waals surface area contributed by atoms with Gasteiger partial charge in [-0.05, 0) is 5.64 Å². The Bertz CT molecular complexity index is 122. The van der Waals surface area contributed by atoms with Crippen molar-refractivity contribution in [3.8, 4) is 0 Å². The first-order valence-corrected chi connectivity index (χ1v) is 1.81. The number of hydrogen-bond donors (Lipinski definition) is 1. The summed E-state index contributed by atoms with van der Waals surface area (Å²) in [6, 6.07) is 0. The van der Waals surface area contributed by atoms with Crippen LogP contribution in [-0.2, 0) is 9.68 Å². The summed E-state index contributed by atoms with van der Waals surface area (Å²) in [7, 11) is 1.15. The molecular weight excluding hydrogens is 132 g/mol. The Hall–Kier alpha value is -1.21. The Labute approximate surface area is 49.6 Å². The highest BCUT2D eigenvalue weighted by atomic mass is 16.9. The van der Waals surface area contributed by atoms with Crippen molar-refractivity contribution in [1.82, 2.24) is 5.64 Å². The second-order valence-corrected chi connectivity index (χ2v) is 0.913. The molecule has 52 valence electrons. The van der Waals surface area contributed by atoms with Crippen LogP contribution in [0, 0.1) is 10.1 Å². The van der Waals surface area contributed by atoms with Crippen LogP contribution in [0.15, 0.2) is 0 Å². The van der Waals surface area contributed by atoms with Gasteiger partial charge in [-0.15, -0.1) is 0 Å². The van der Waals surface area contributed by atoms with E-state index in [9.17, 15) is 14.9 Å². The molecule has 1 N–H and O–H groups in total. The number of nitrogens with one attached hydrogen (secondary N) is 1. The summed E-state index contributed by atoms with van der Waals surface area (Å²) in [5.74, 6) is 0. The zero-order valence-electron chi connectivity index (χ0n) is 4.49. The van der Waals surface area contributed by atoms with E-state index < -0.39 is 11.0 Å². The van der Waals surface area contributed by atoms with Gasteiger partial charge in [0.1, 0.15) is 4.92 Å². The van der Waals surface area contributed by atoms with Gasteiger partial charge in [0.2, 0.25) is 0 Å². The third-order valence-electron chi connectivity index (χ3n) is 0.361. The second-order valence-electron chi connectivity index (χ2n) is 0.913. The van der Waals surface area contributed by atoms with Crippen LogP contribution in [0.4, 0.5) is 4.79 Å². The highest BCUT2D eigenvalue weighted by Crippen LogP contribution is 1.76. The molecule has 0 aliphatic rings. The molecule has 0 saturated carbocycles. The second kappa shape index (κ2) is 3.75. The van der Waals surface area contributed by atoms with Crippen LogP contribution in [0.1, 0.15) is 0 Å². The van der Waals surface area contributed by atoms with Crippen LogP contribution in [0.3, 0.4) is 0 Å². The minimum atomic E-state index is -1.61. The van der Waals surface area contributed by atoms with Gasteiger partial charge in [0, 0.05) is 0 Å². The summed E-state index contributed by atoms with van der Waals surface area (Å²) >= 11 is 0. The highest BCUT2D eigenvalue weighted by molar-refractivity contribution is 5.56. The lowest BCUT2D eigenvalue weighted by atomic mass is 11.3. The van der Waals surface area contributed by atoms with Crippen LogP contribution < -0.4 is 5.64 Å². The molecule has 7 heteroatoms. The number of nitrogens with zero attached hydrogens (tertiary/aromatic N) is 1. The Balaban J connectivity index is 3.39. The van der Waals surface area contributed by atoms with E-state index >= 15 is 0 Å². The van der Waals surface area contributed by atoms with Gasteiger partial charge < -0.3 is 0 Å². The van der Waals surface area contributed by atoms with E-state index in [0.29, 0.717) is 0 Å². The molecule has 0 aromatic rings. The van der Waals surface area contributed by atoms with Crippen molar-refractivity contribution in [3.63, 3.8) is 0 Å². The van der Waals surface area contributed by atoms with Crippen molar-refractivity contribution in [2.45, 2.75) is 0 Å². The van der Waals surface area contributed by atoms with Crippen LogP contribution in [-0.4, -0.2) is 18.1 Å². The molecule has 0 aromatic heterocycles. The highest BCUT2D eigenvalue weighted by Gasteiger charge is 2.16. The van der Waals surface area contributed by atoms with E-state index in [1.54, 1.807) is 0 Å². The fraction of sp³-hybridized carbons (Fsp3) is 0.500. The minimum absolute atomic E-state index is 1.15. The lowest BCUT2D eigenvalue weighted by molar-refractivity contribution is -0.407. The molecule has 0 aliphatic carbocycles. The fourth-order valence-corrected chi connectivity index (χ4v) is 0.115. The van der Waals surface area contributed by atoms with Gasteiger partial charge in [-0.3, -0.25) is 19.8 Å². The van der Waals surface area contributed by atoms with Crippen LogP contribution in [0.5, 0.6) is 0 Å². The summed E-state index contributed by atoms with van der Waals surface area (Å²) < 4.78 is 0. The third-order valence-corrected chi connectivity index (χ3v) is 0.361. The van der Waals surface area contributed by atoms with Crippen LogP contribution in [0.25, 0.3) is 0 Å². The molecule has 0 rings (SSSR count). The van der Waals surface area contributed by atoms with Crippen molar-refractivity contribution in [2.24, 2.45) is 0 Å². The van der Waals surface area contributed by atoms with Crippen molar-refractivity contribution in [2.75, 3.05) is 7.11 Å². The largest absolute Gasteiger partial charge is 0.678 e. The first-order chi connectivity index (χ1) is 4.18. The van der Waals surface area contributed by atoms with E-state index in [0.717, 1.165) is 7.11 Å². The molecule has 0 fully saturated rings. The number of carbonyl (C=O) groups is 1. The molecule has 0 spiro atoms. The Morgan fingerprint density at radius 3 is 2.67 bits per heavy atom. The molecule has 0 heterocycles. The summed E-state index contributed by atoms with van der Waals surface area (Å²) in [5, 5.41) is 9.44. The average Bonchev–Trinajstić information content (AvgIpc) is 1.82. The third kappa shape index (κ3) is 3.38. The Morgan fingerprint density at radius 1 is 1.78 bits per heavy atom. The maximum Gasteiger partial charge on any atom is 0.678 e. The van der Waals surface area contributed by atoms with Gasteiger partial charge in [-0.1, -0.05) is 0 Å². The van der Waals surface area contributed by atoms with E-state index in [2.05, 4.69) is 9.68 Å². The number of hydrogen-bond acceptors (Lipinski definition) is 6. The predicted octanol–water partition coefficient (Wildman–Crippen LogP) is -0.534. The monoisotopic (exact) mass is 136 g/mol. The Kier molecular flexibility index (Phi) is 3.25. The van der Waals surface area contributed by atoms with Gasteiger partial charge in [0.15, 0.2) is 0 Å². The molecular formula is C2H4N2O5. The smallest absolute Gasteiger partial charge is 0.285 e. The fourth-order valence-electron chi connectivity index (χ4n) is 0.115.